The summed E-state index contributed by atoms with van der Waals surface area (Å²) in [6.45, 7) is 7.80. The molecule has 2 aromatic rings. The van der Waals surface area contributed by atoms with Crippen molar-refractivity contribution in [2.24, 2.45) is 5.92 Å². The molecule has 0 saturated heterocycles. The monoisotopic (exact) mass is 353 g/mol. The quantitative estimate of drug-likeness (QED) is 0.797. The lowest BCUT2D eigenvalue weighted by atomic mass is 10.1. The van der Waals surface area contributed by atoms with E-state index in [1.807, 2.05) is 39.8 Å². The molecular formula is C18H21F2NO2S. The Kier molecular flexibility index (Phi) is 5.28. The Hall–Kier alpha value is -1.95. The minimum absolute atomic E-state index is 0.0609. The van der Waals surface area contributed by atoms with Crippen molar-refractivity contribution in [3.05, 3.63) is 59.2 Å². The Balaban J connectivity index is 2.59. The van der Waals surface area contributed by atoms with E-state index >= 15 is 0 Å². The highest BCUT2D eigenvalue weighted by atomic mass is 32.2. The van der Waals surface area contributed by atoms with Crippen LogP contribution in [-0.4, -0.2) is 15.0 Å². The van der Waals surface area contributed by atoms with Crippen LogP contribution in [0.1, 0.15) is 25.0 Å². The Morgan fingerprint density at radius 2 is 1.67 bits per heavy atom. The van der Waals surface area contributed by atoms with Crippen LogP contribution in [0.3, 0.4) is 0 Å². The van der Waals surface area contributed by atoms with Gasteiger partial charge in [-0.05, 0) is 49.6 Å². The van der Waals surface area contributed by atoms with Crippen molar-refractivity contribution in [2.45, 2.75) is 32.6 Å². The first-order valence-corrected chi connectivity index (χ1v) is 9.12. The summed E-state index contributed by atoms with van der Waals surface area (Å²) < 4.78 is 53.9. The van der Waals surface area contributed by atoms with Gasteiger partial charge in [0.15, 0.2) is 11.6 Å². The Morgan fingerprint density at radius 3 is 2.21 bits per heavy atom. The highest BCUT2D eigenvalue weighted by Gasteiger charge is 2.27. The fourth-order valence-electron chi connectivity index (χ4n) is 2.51. The van der Waals surface area contributed by atoms with Gasteiger partial charge in [-0.25, -0.2) is 17.2 Å². The van der Waals surface area contributed by atoms with Crippen LogP contribution in [0, 0.1) is 31.4 Å². The van der Waals surface area contributed by atoms with E-state index in [1.165, 1.54) is 4.31 Å². The first-order valence-electron chi connectivity index (χ1n) is 7.68. The fourth-order valence-corrected chi connectivity index (χ4v) is 4.21. The molecule has 0 aromatic heterocycles. The van der Waals surface area contributed by atoms with Crippen molar-refractivity contribution in [2.75, 3.05) is 10.8 Å². The zero-order valence-electron chi connectivity index (χ0n) is 14.2. The van der Waals surface area contributed by atoms with Crippen molar-refractivity contribution in [1.82, 2.24) is 0 Å². The van der Waals surface area contributed by atoms with E-state index in [-0.39, 0.29) is 17.4 Å². The Morgan fingerprint density at radius 1 is 1.00 bits per heavy atom. The van der Waals surface area contributed by atoms with E-state index in [0.29, 0.717) is 5.69 Å². The van der Waals surface area contributed by atoms with E-state index in [9.17, 15) is 17.2 Å². The summed E-state index contributed by atoms with van der Waals surface area (Å²) in [6, 6.07) is 8.11. The Labute approximate surface area is 142 Å². The highest BCUT2D eigenvalue weighted by Crippen LogP contribution is 2.29. The van der Waals surface area contributed by atoms with Gasteiger partial charge in [0.2, 0.25) is 0 Å². The van der Waals surface area contributed by atoms with E-state index in [0.717, 1.165) is 29.3 Å². The lowest BCUT2D eigenvalue weighted by Gasteiger charge is -2.28. The number of halogens is 2. The number of hydrogen-bond acceptors (Lipinski definition) is 2. The number of benzene rings is 2. The number of rotatable bonds is 5. The number of sulfonamides is 1. The van der Waals surface area contributed by atoms with Gasteiger partial charge < -0.3 is 0 Å². The van der Waals surface area contributed by atoms with Crippen molar-refractivity contribution < 1.29 is 17.2 Å². The van der Waals surface area contributed by atoms with Crippen LogP contribution in [0.2, 0.25) is 0 Å². The molecule has 0 unspecified atom stereocenters. The predicted octanol–water partition coefficient (Wildman–Crippen LogP) is 4.43. The maximum absolute atomic E-state index is 13.5. The molecule has 0 amide bonds. The van der Waals surface area contributed by atoms with Gasteiger partial charge >= 0.3 is 0 Å². The standard InChI is InChI=1S/C18H21F2NO2S/c1-12(2)11-21(18-8-5-13(3)9-14(18)4)24(22,23)15-6-7-16(19)17(20)10-15/h5-10,12H,11H2,1-4H3. The second kappa shape index (κ2) is 6.89. The van der Waals surface area contributed by atoms with E-state index in [4.69, 9.17) is 0 Å². The summed E-state index contributed by atoms with van der Waals surface area (Å²) in [4.78, 5) is -0.262. The van der Waals surface area contributed by atoms with Crippen molar-refractivity contribution in [3.8, 4) is 0 Å². The average Bonchev–Trinajstić information content (AvgIpc) is 2.48. The van der Waals surface area contributed by atoms with Crippen LogP contribution in [0.5, 0.6) is 0 Å². The number of anilines is 1. The van der Waals surface area contributed by atoms with E-state index in [1.54, 1.807) is 6.07 Å². The zero-order valence-corrected chi connectivity index (χ0v) is 15.0. The molecule has 0 aliphatic carbocycles. The summed E-state index contributed by atoms with van der Waals surface area (Å²) >= 11 is 0. The molecule has 0 spiro atoms. The maximum atomic E-state index is 13.5. The molecule has 3 nitrogen and oxygen atoms in total. The molecule has 0 heterocycles. The van der Waals surface area contributed by atoms with Gasteiger partial charge in [0.05, 0.1) is 10.6 Å². The average molecular weight is 353 g/mol. The summed E-state index contributed by atoms with van der Waals surface area (Å²) in [6.07, 6.45) is 0. The molecule has 130 valence electrons. The maximum Gasteiger partial charge on any atom is 0.264 e. The minimum atomic E-state index is -4.00. The summed E-state index contributed by atoms with van der Waals surface area (Å²) in [5.41, 5.74) is 2.37. The molecule has 0 bridgehead atoms. The molecule has 6 heteroatoms. The molecule has 0 N–H and O–H groups in total. The van der Waals surface area contributed by atoms with Crippen LogP contribution < -0.4 is 4.31 Å². The fraction of sp³-hybridized carbons (Fsp3) is 0.333. The SMILES string of the molecule is Cc1ccc(N(CC(C)C)S(=O)(=O)c2ccc(F)c(F)c2)c(C)c1. The van der Waals surface area contributed by atoms with Crippen LogP contribution in [0.4, 0.5) is 14.5 Å². The summed E-state index contributed by atoms with van der Waals surface area (Å²) in [5, 5.41) is 0. The first-order chi connectivity index (χ1) is 11.1. The van der Waals surface area contributed by atoms with Gasteiger partial charge in [-0.2, -0.15) is 0 Å². The molecule has 0 atom stereocenters. The molecular weight excluding hydrogens is 332 g/mol. The molecule has 0 aliphatic rings. The van der Waals surface area contributed by atoms with Crippen LogP contribution in [-0.2, 0) is 10.0 Å². The molecule has 0 fully saturated rings. The van der Waals surface area contributed by atoms with Gasteiger partial charge in [0.25, 0.3) is 10.0 Å². The zero-order chi connectivity index (χ0) is 18.1. The third-order valence-corrected chi connectivity index (χ3v) is 5.41. The highest BCUT2D eigenvalue weighted by molar-refractivity contribution is 7.92. The predicted molar refractivity (Wildman–Crippen MR) is 91.6 cm³/mol. The van der Waals surface area contributed by atoms with Crippen LogP contribution in [0.25, 0.3) is 0 Å². The second-order valence-corrected chi connectivity index (χ2v) is 8.16. The lowest BCUT2D eigenvalue weighted by molar-refractivity contribution is 0.504. The summed E-state index contributed by atoms with van der Waals surface area (Å²) in [5.74, 6) is -2.19. The number of aryl methyl sites for hydroxylation is 2. The van der Waals surface area contributed by atoms with Gasteiger partial charge in [-0.3, -0.25) is 4.31 Å². The normalized spacial score (nSPS) is 11.8. The number of hydrogen-bond donors (Lipinski definition) is 0. The van der Waals surface area contributed by atoms with Gasteiger partial charge in [-0.1, -0.05) is 31.5 Å². The van der Waals surface area contributed by atoms with Gasteiger partial charge in [0, 0.05) is 6.54 Å². The minimum Gasteiger partial charge on any atom is -0.266 e. The molecule has 2 aromatic carbocycles. The topological polar surface area (TPSA) is 37.4 Å². The molecule has 0 saturated carbocycles. The molecule has 0 radical (unpaired) electrons. The van der Waals surface area contributed by atoms with Crippen LogP contribution in [0.15, 0.2) is 41.3 Å². The van der Waals surface area contributed by atoms with E-state index in [2.05, 4.69) is 0 Å². The number of nitrogens with zero attached hydrogens (tertiary/aromatic N) is 1. The Bertz CT molecular complexity index is 848. The second-order valence-electron chi connectivity index (χ2n) is 6.30. The van der Waals surface area contributed by atoms with Crippen molar-refractivity contribution in [1.29, 1.82) is 0 Å². The first kappa shape index (κ1) is 18.4. The molecule has 24 heavy (non-hydrogen) atoms. The third-order valence-electron chi connectivity index (χ3n) is 3.63. The summed E-state index contributed by atoms with van der Waals surface area (Å²) in [7, 11) is -4.00. The van der Waals surface area contributed by atoms with Crippen molar-refractivity contribution in [3.63, 3.8) is 0 Å². The van der Waals surface area contributed by atoms with Crippen LogP contribution >= 0.6 is 0 Å². The molecule has 2 rings (SSSR count). The smallest absolute Gasteiger partial charge is 0.264 e. The third kappa shape index (κ3) is 3.75. The van der Waals surface area contributed by atoms with Gasteiger partial charge in [0.1, 0.15) is 0 Å². The van der Waals surface area contributed by atoms with E-state index < -0.39 is 21.7 Å². The molecule has 0 aliphatic heterocycles. The van der Waals surface area contributed by atoms with Crippen molar-refractivity contribution >= 4 is 15.7 Å². The van der Waals surface area contributed by atoms with Gasteiger partial charge in [-0.15, -0.1) is 0 Å². The lowest BCUT2D eigenvalue weighted by Crippen LogP contribution is -2.35. The largest absolute Gasteiger partial charge is 0.266 e.